The summed E-state index contributed by atoms with van der Waals surface area (Å²) in [7, 11) is 0. The van der Waals surface area contributed by atoms with Crippen LogP contribution in [-0.2, 0) is 4.79 Å². The maximum atomic E-state index is 11.8. The Kier molecular flexibility index (Phi) is 8.35. The molecule has 0 fully saturated rings. The van der Waals surface area contributed by atoms with Gasteiger partial charge in [0.1, 0.15) is 0 Å². The van der Waals surface area contributed by atoms with E-state index in [0.717, 1.165) is 23.7 Å². The van der Waals surface area contributed by atoms with Crippen LogP contribution in [-0.4, -0.2) is 37.0 Å². The highest BCUT2D eigenvalue weighted by atomic mass is 35.5. The number of nitrogens with zero attached hydrogens (tertiary/aromatic N) is 1. The summed E-state index contributed by atoms with van der Waals surface area (Å²) in [5.41, 5.74) is 6.49. The summed E-state index contributed by atoms with van der Waals surface area (Å²) in [5.74, 6) is 0.0460. The number of hydrogen-bond donors (Lipinski definition) is 2. The van der Waals surface area contributed by atoms with Crippen molar-refractivity contribution in [1.82, 2.24) is 10.2 Å². The molecule has 0 aliphatic heterocycles. The molecule has 21 heavy (non-hydrogen) atoms. The smallest absolute Gasteiger partial charge is 0.220 e. The molecule has 0 spiro atoms. The van der Waals surface area contributed by atoms with Gasteiger partial charge < -0.3 is 11.1 Å². The van der Waals surface area contributed by atoms with Gasteiger partial charge in [0.15, 0.2) is 0 Å². The van der Waals surface area contributed by atoms with E-state index in [0.29, 0.717) is 25.9 Å². The summed E-state index contributed by atoms with van der Waals surface area (Å²) < 4.78 is 0. The lowest BCUT2D eigenvalue weighted by Gasteiger charge is -2.31. The highest BCUT2D eigenvalue weighted by molar-refractivity contribution is 6.31. The number of hydrogen-bond acceptors (Lipinski definition) is 3. The van der Waals surface area contributed by atoms with Gasteiger partial charge in [-0.05, 0) is 37.7 Å². The fraction of sp³-hybridized carbons (Fsp3) is 0.562. The molecule has 3 N–H and O–H groups in total. The zero-order valence-corrected chi connectivity index (χ0v) is 13.7. The Hall–Kier alpha value is -1.10. The molecule has 1 rings (SSSR count). The lowest BCUT2D eigenvalue weighted by molar-refractivity contribution is -0.121. The maximum absolute atomic E-state index is 11.8. The summed E-state index contributed by atoms with van der Waals surface area (Å²) in [5, 5.41) is 3.74. The Balaban J connectivity index is 2.79. The second-order valence-corrected chi connectivity index (χ2v) is 5.36. The quantitative estimate of drug-likeness (QED) is 0.737. The normalized spacial score (nSPS) is 12.4. The third kappa shape index (κ3) is 5.65. The van der Waals surface area contributed by atoms with Crippen LogP contribution in [0.4, 0.5) is 0 Å². The fourth-order valence-electron chi connectivity index (χ4n) is 2.41. The minimum atomic E-state index is 0.0460. The monoisotopic (exact) mass is 311 g/mol. The average molecular weight is 312 g/mol. The number of benzene rings is 1. The lowest BCUT2D eigenvalue weighted by Crippen LogP contribution is -2.38. The molecule has 0 bridgehead atoms. The first-order chi connectivity index (χ1) is 10.1. The van der Waals surface area contributed by atoms with Gasteiger partial charge >= 0.3 is 0 Å². The summed E-state index contributed by atoms with van der Waals surface area (Å²) in [6, 6.07) is 7.91. The van der Waals surface area contributed by atoms with E-state index in [-0.39, 0.29) is 11.9 Å². The molecular weight excluding hydrogens is 286 g/mol. The third-order valence-corrected chi connectivity index (χ3v) is 3.96. The predicted molar refractivity (Wildman–Crippen MR) is 88.4 cm³/mol. The van der Waals surface area contributed by atoms with Crippen molar-refractivity contribution in [3.05, 3.63) is 34.9 Å². The van der Waals surface area contributed by atoms with Crippen LogP contribution in [0.2, 0.25) is 5.02 Å². The van der Waals surface area contributed by atoms with E-state index < -0.39 is 0 Å². The van der Waals surface area contributed by atoms with Crippen molar-refractivity contribution >= 4 is 17.5 Å². The molecule has 0 saturated carbocycles. The minimum Gasteiger partial charge on any atom is -0.354 e. The predicted octanol–water partition coefficient (Wildman–Crippen LogP) is 2.58. The van der Waals surface area contributed by atoms with Crippen LogP contribution in [0.5, 0.6) is 0 Å². The fourth-order valence-corrected chi connectivity index (χ4v) is 2.67. The molecule has 0 aromatic heterocycles. The molecule has 5 heteroatoms. The SMILES string of the molecule is CCN(CC)C(CNC(=O)CCCN)c1ccccc1Cl. The molecule has 0 aliphatic rings. The van der Waals surface area contributed by atoms with Crippen molar-refractivity contribution < 1.29 is 4.79 Å². The van der Waals surface area contributed by atoms with Gasteiger partial charge in [-0.3, -0.25) is 9.69 Å². The molecule has 1 aromatic rings. The number of rotatable bonds is 9. The number of nitrogens with one attached hydrogen (secondary N) is 1. The van der Waals surface area contributed by atoms with Gasteiger partial charge in [-0.2, -0.15) is 0 Å². The number of carbonyl (C=O) groups is 1. The zero-order valence-electron chi connectivity index (χ0n) is 12.9. The van der Waals surface area contributed by atoms with Crippen LogP contribution >= 0.6 is 11.6 Å². The zero-order chi connectivity index (χ0) is 15.7. The molecule has 0 heterocycles. The van der Waals surface area contributed by atoms with Crippen molar-refractivity contribution in [1.29, 1.82) is 0 Å². The Morgan fingerprint density at radius 3 is 2.57 bits per heavy atom. The van der Waals surface area contributed by atoms with Crippen molar-refractivity contribution in [2.75, 3.05) is 26.2 Å². The summed E-state index contributed by atoms with van der Waals surface area (Å²) >= 11 is 6.32. The van der Waals surface area contributed by atoms with Crippen LogP contribution < -0.4 is 11.1 Å². The van der Waals surface area contributed by atoms with Crippen molar-refractivity contribution in [3.8, 4) is 0 Å². The van der Waals surface area contributed by atoms with Crippen molar-refractivity contribution in [2.24, 2.45) is 5.73 Å². The lowest BCUT2D eigenvalue weighted by atomic mass is 10.0. The standard InChI is InChI=1S/C16H26ClN3O/c1-3-20(4-2)15(12-19-16(21)10-7-11-18)13-8-5-6-9-14(13)17/h5-6,8-9,15H,3-4,7,10-12,18H2,1-2H3,(H,19,21). The topological polar surface area (TPSA) is 58.4 Å². The number of likely N-dealkylation sites (N-methyl/N-ethyl adjacent to an activating group) is 1. The van der Waals surface area contributed by atoms with E-state index in [1.807, 2.05) is 24.3 Å². The molecule has 1 aromatic carbocycles. The minimum absolute atomic E-state index is 0.0460. The number of carbonyl (C=O) groups excluding carboxylic acids is 1. The first-order valence-electron chi connectivity index (χ1n) is 7.59. The van der Waals surface area contributed by atoms with Crippen molar-refractivity contribution in [3.63, 3.8) is 0 Å². The number of nitrogens with two attached hydrogens (primary N) is 1. The molecule has 0 radical (unpaired) electrons. The van der Waals surface area contributed by atoms with Crippen LogP contribution in [0.25, 0.3) is 0 Å². The first-order valence-corrected chi connectivity index (χ1v) is 7.97. The molecule has 1 unspecified atom stereocenters. The van der Waals surface area contributed by atoms with Gasteiger partial charge in [-0.1, -0.05) is 43.6 Å². The van der Waals surface area contributed by atoms with Crippen molar-refractivity contribution in [2.45, 2.75) is 32.7 Å². The number of halogens is 1. The molecular formula is C16H26ClN3O. The van der Waals surface area contributed by atoms with E-state index in [4.69, 9.17) is 17.3 Å². The van der Waals surface area contributed by atoms with E-state index in [1.165, 1.54) is 0 Å². The molecule has 4 nitrogen and oxygen atoms in total. The summed E-state index contributed by atoms with van der Waals surface area (Å²) in [6.45, 7) is 7.15. The van der Waals surface area contributed by atoms with Gasteiger partial charge in [-0.15, -0.1) is 0 Å². The highest BCUT2D eigenvalue weighted by Gasteiger charge is 2.20. The summed E-state index contributed by atoms with van der Waals surface area (Å²) in [6.07, 6.45) is 1.19. The van der Waals surface area contributed by atoms with Crippen LogP contribution in [0.15, 0.2) is 24.3 Å². The maximum Gasteiger partial charge on any atom is 0.220 e. The molecule has 118 valence electrons. The van der Waals surface area contributed by atoms with Crippen LogP contribution in [0.1, 0.15) is 38.3 Å². The van der Waals surface area contributed by atoms with Gasteiger partial charge in [0.05, 0.1) is 6.04 Å². The second kappa shape index (κ2) is 9.77. The van der Waals surface area contributed by atoms with E-state index in [1.54, 1.807) is 0 Å². The molecule has 1 atom stereocenters. The largest absolute Gasteiger partial charge is 0.354 e. The molecule has 1 amide bonds. The highest BCUT2D eigenvalue weighted by Crippen LogP contribution is 2.26. The molecule has 0 aliphatic carbocycles. The van der Waals surface area contributed by atoms with Gasteiger partial charge in [-0.25, -0.2) is 0 Å². The Bertz CT molecular complexity index is 435. The average Bonchev–Trinajstić information content (AvgIpc) is 2.50. The molecule has 0 saturated heterocycles. The third-order valence-electron chi connectivity index (χ3n) is 3.62. The Morgan fingerprint density at radius 1 is 1.33 bits per heavy atom. The van der Waals surface area contributed by atoms with Crippen LogP contribution in [0, 0.1) is 0 Å². The van der Waals surface area contributed by atoms with Gasteiger partial charge in [0, 0.05) is 18.0 Å². The first kappa shape index (κ1) is 18.0. The van der Waals surface area contributed by atoms with E-state index in [2.05, 4.69) is 24.1 Å². The van der Waals surface area contributed by atoms with E-state index in [9.17, 15) is 4.79 Å². The van der Waals surface area contributed by atoms with E-state index >= 15 is 0 Å². The van der Waals surface area contributed by atoms with Gasteiger partial charge in [0.2, 0.25) is 5.91 Å². The Labute approximate surface area is 132 Å². The number of amides is 1. The van der Waals surface area contributed by atoms with Crippen LogP contribution in [0.3, 0.4) is 0 Å². The Morgan fingerprint density at radius 2 is 2.00 bits per heavy atom. The summed E-state index contributed by atoms with van der Waals surface area (Å²) in [4.78, 5) is 14.1. The van der Waals surface area contributed by atoms with Gasteiger partial charge in [0.25, 0.3) is 0 Å². The second-order valence-electron chi connectivity index (χ2n) is 4.95.